The minimum absolute atomic E-state index is 0.288. The second-order valence-corrected chi connectivity index (χ2v) is 7.48. The van der Waals surface area contributed by atoms with Crippen molar-refractivity contribution in [2.45, 2.75) is 72.3 Å². The first-order valence-corrected chi connectivity index (χ1v) is 8.88. The smallest absolute Gasteiger partial charge is 0.339 e. The van der Waals surface area contributed by atoms with Gasteiger partial charge in [0.1, 0.15) is 17.1 Å². The fourth-order valence-corrected chi connectivity index (χ4v) is 3.41. The van der Waals surface area contributed by atoms with E-state index in [1.807, 2.05) is 6.07 Å². The Morgan fingerprint density at radius 2 is 2.12 bits per heavy atom. The summed E-state index contributed by atoms with van der Waals surface area (Å²) >= 11 is 0. The number of aryl methyl sites for hydroxylation is 1. The maximum atomic E-state index is 11.7. The maximum Gasteiger partial charge on any atom is 0.339 e. The van der Waals surface area contributed by atoms with Gasteiger partial charge in [-0.05, 0) is 66.7 Å². The zero-order valence-corrected chi connectivity index (χ0v) is 15.6. The van der Waals surface area contributed by atoms with Crippen LogP contribution < -0.4 is 10.4 Å². The first-order chi connectivity index (χ1) is 11.3. The summed E-state index contributed by atoms with van der Waals surface area (Å²) in [5.74, 6) is 1.66. The Bertz CT molecular complexity index is 677. The van der Waals surface area contributed by atoms with Crippen LogP contribution in [0.3, 0.4) is 0 Å². The number of ether oxygens (including phenoxy) is 1. The minimum Gasteiger partial charge on any atom is -0.487 e. The molecule has 132 valence electrons. The van der Waals surface area contributed by atoms with E-state index in [2.05, 4.69) is 39.8 Å². The average molecular weight is 330 g/mol. The molecule has 0 aromatic carbocycles. The molecule has 1 aliphatic carbocycles. The molecule has 1 aliphatic rings. The highest BCUT2D eigenvalue weighted by Crippen LogP contribution is 2.38. The van der Waals surface area contributed by atoms with Gasteiger partial charge in [0.25, 0.3) is 0 Å². The maximum absolute atomic E-state index is 11.7. The van der Waals surface area contributed by atoms with Gasteiger partial charge in [-0.2, -0.15) is 0 Å². The zero-order chi connectivity index (χ0) is 17.7. The van der Waals surface area contributed by atoms with Crippen LogP contribution in [0.1, 0.15) is 65.6 Å². The van der Waals surface area contributed by atoms with Crippen LogP contribution in [0.25, 0.3) is 0 Å². The quantitative estimate of drug-likeness (QED) is 0.639. The van der Waals surface area contributed by atoms with Gasteiger partial charge in [0.2, 0.25) is 0 Å². The van der Waals surface area contributed by atoms with Gasteiger partial charge in [-0.3, -0.25) is 0 Å². The lowest BCUT2D eigenvalue weighted by Gasteiger charge is -2.39. The summed E-state index contributed by atoms with van der Waals surface area (Å²) in [4.78, 5) is 11.7. The van der Waals surface area contributed by atoms with E-state index in [9.17, 15) is 4.79 Å². The van der Waals surface area contributed by atoms with Crippen molar-refractivity contribution in [2.24, 2.45) is 5.92 Å². The van der Waals surface area contributed by atoms with Crippen molar-refractivity contribution in [1.29, 1.82) is 0 Å². The molecule has 0 radical (unpaired) electrons. The second kappa shape index (κ2) is 7.87. The molecule has 0 spiro atoms. The monoisotopic (exact) mass is 330 g/mol. The van der Waals surface area contributed by atoms with Gasteiger partial charge in [-0.25, -0.2) is 4.79 Å². The van der Waals surface area contributed by atoms with Gasteiger partial charge < -0.3 is 9.15 Å². The summed E-state index contributed by atoms with van der Waals surface area (Å²) in [6, 6.07) is 3.26. The summed E-state index contributed by atoms with van der Waals surface area (Å²) in [5.41, 5.74) is 2.15. The number of hydrogen-bond acceptors (Lipinski definition) is 3. The van der Waals surface area contributed by atoms with Gasteiger partial charge in [-0.15, -0.1) is 0 Å². The highest BCUT2D eigenvalue weighted by Gasteiger charge is 2.36. The lowest BCUT2D eigenvalue weighted by molar-refractivity contribution is 0.0125. The highest BCUT2D eigenvalue weighted by atomic mass is 16.5. The first kappa shape index (κ1) is 18.6. The van der Waals surface area contributed by atoms with Crippen molar-refractivity contribution in [2.75, 3.05) is 0 Å². The Balaban J connectivity index is 2.24. The predicted octanol–water partition coefficient (Wildman–Crippen LogP) is 5.58. The lowest BCUT2D eigenvalue weighted by Crippen LogP contribution is -2.41. The Morgan fingerprint density at radius 3 is 2.71 bits per heavy atom. The van der Waals surface area contributed by atoms with Crippen molar-refractivity contribution in [3.63, 3.8) is 0 Å². The Kier molecular flexibility index (Phi) is 6.09. The number of hydrogen-bond donors (Lipinski definition) is 0. The first-order valence-electron chi connectivity index (χ1n) is 8.88. The molecule has 0 unspecified atom stereocenters. The van der Waals surface area contributed by atoms with Crippen molar-refractivity contribution < 1.29 is 9.15 Å². The van der Waals surface area contributed by atoms with E-state index in [1.165, 1.54) is 17.2 Å². The molecule has 2 rings (SSSR count). The van der Waals surface area contributed by atoms with Gasteiger partial charge in [0.05, 0.1) is 6.07 Å². The molecule has 1 aromatic rings. The third-order valence-corrected chi connectivity index (χ3v) is 4.91. The topological polar surface area (TPSA) is 39.4 Å². The fourth-order valence-electron chi connectivity index (χ4n) is 3.41. The van der Waals surface area contributed by atoms with E-state index in [-0.39, 0.29) is 11.2 Å². The summed E-state index contributed by atoms with van der Waals surface area (Å²) in [6.07, 6.45) is 9.82. The van der Waals surface area contributed by atoms with Gasteiger partial charge in [-0.1, -0.05) is 23.3 Å². The minimum atomic E-state index is -0.351. The van der Waals surface area contributed by atoms with Crippen LogP contribution in [0.5, 0.6) is 5.75 Å². The SMILES string of the molecule is CC(C)=CCC[C@](C)(Oc1cc(C)oc(=O)c1)[C@@H]1CC=C(C)CC1. The van der Waals surface area contributed by atoms with Crippen LogP contribution in [0.2, 0.25) is 0 Å². The fraction of sp³-hybridized carbons (Fsp3) is 0.571. The molecular weight excluding hydrogens is 300 g/mol. The third-order valence-electron chi connectivity index (χ3n) is 4.91. The third kappa shape index (κ3) is 5.12. The van der Waals surface area contributed by atoms with Crippen molar-refractivity contribution >= 4 is 0 Å². The molecule has 0 N–H and O–H groups in total. The molecule has 3 nitrogen and oxygen atoms in total. The normalized spacial score (nSPS) is 20.0. The Hall–Kier alpha value is -1.77. The molecule has 0 bridgehead atoms. The summed E-state index contributed by atoms with van der Waals surface area (Å²) in [7, 11) is 0. The van der Waals surface area contributed by atoms with E-state index >= 15 is 0 Å². The molecule has 1 aromatic heterocycles. The standard InChI is InChI=1S/C21H30O3/c1-15(2)7-6-12-21(5,18-10-8-16(3)9-11-18)24-19-13-17(4)23-20(22)14-19/h7-8,13-14,18H,6,9-12H2,1-5H3/t18-,21+/m1/s1. The van der Waals surface area contributed by atoms with Crippen LogP contribution in [0.15, 0.2) is 44.6 Å². The van der Waals surface area contributed by atoms with E-state index < -0.39 is 0 Å². The summed E-state index contributed by atoms with van der Waals surface area (Å²) < 4.78 is 11.5. The lowest BCUT2D eigenvalue weighted by atomic mass is 9.76. The van der Waals surface area contributed by atoms with E-state index in [1.54, 1.807) is 6.92 Å². The molecule has 0 fully saturated rings. The van der Waals surface area contributed by atoms with E-state index in [0.29, 0.717) is 17.4 Å². The number of allylic oxidation sites excluding steroid dienone is 4. The molecule has 0 saturated carbocycles. The molecule has 1 heterocycles. The van der Waals surface area contributed by atoms with Crippen molar-refractivity contribution in [3.8, 4) is 5.75 Å². The second-order valence-electron chi connectivity index (χ2n) is 7.48. The number of rotatable bonds is 6. The Morgan fingerprint density at radius 1 is 1.38 bits per heavy atom. The molecule has 0 amide bonds. The van der Waals surface area contributed by atoms with Crippen LogP contribution >= 0.6 is 0 Å². The zero-order valence-electron chi connectivity index (χ0n) is 15.6. The summed E-state index contributed by atoms with van der Waals surface area (Å²) in [6.45, 7) is 10.4. The van der Waals surface area contributed by atoms with Crippen LogP contribution in [0.4, 0.5) is 0 Å². The van der Waals surface area contributed by atoms with E-state index in [4.69, 9.17) is 9.15 Å². The predicted molar refractivity (Wildman–Crippen MR) is 98.5 cm³/mol. The molecule has 2 atom stereocenters. The Labute approximate surface area is 145 Å². The highest BCUT2D eigenvalue weighted by molar-refractivity contribution is 5.21. The average Bonchev–Trinajstić information content (AvgIpc) is 2.46. The largest absolute Gasteiger partial charge is 0.487 e. The van der Waals surface area contributed by atoms with E-state index in [0.717, 1.165) is 32.1 Å². The van der Waals surface area contributed by atoms with Crippen molar-refractivity contribution in [3.05, 3.63) is 51.6 Å². The van der Waals surface area contributed by atoms with Crippen LogP contribution in [-0.2, 0) is 0 Å². The molecule has 3 heteroatoms. The van der Waals surface area contributed by atoms with Crippen molar-refractivity contribution in [1.82, 2.24) is 0 Å². The van der Waals surface area contributed by atoms with Crippen LogP contribution in [-0.4, -0.2) is 5.60 Å². The molecule has 24 heavy (non-hydrogen) atoms. The molecule has 0 aliphatic heterocycles. The van der Waals surface area contributed by atoms with Gasteiger partial charge in [0.15, 0.2) is 0 Å². The molecule has 0 saturated heterocycles. The van der Waals surface area contributed by atoms with Crippen LogP contribution in [0, 0.1) is 12.8 Å². The molecular formula is C21H30O3. The summed E-state index contributed by atoms with van der Waals surface area (Å²) in [5, 5.41) is 0. The van der Waals surface area contributed by atoms with Gasteiger partial charge >= 0.3 is 5.63 Å². The van der Waals surface area contributed by atoms with Gasteiger partial charge in [0, 0.05) is 12.0 Å².